The fourth-order valence-electron chi connectivity index (χ4n) is 1.13. The summed E-state index contributed by atoms with van der Waals surface area (Å²) in [7, 11) is 0. The van der Waals surface area contributed by atoms with E-state index >= 15 is 0 Å². The average Bonchev–Trinajstić information content (AvgIpc) is 2.27. The van der Waals surface area contributed by atoms with E-state index < -0.39 is 23.0 Å². The minimum Gasteiger partial charge on any atom is -0.385 e. The van der Waals surface area contributed by atoms with Crippen LogP contribution in [0.3, 0.4) is 0 Å². The molecular formula is C9H10N2O5. The summed E-state index contributed by atoms with van der Waals surface area (Å²) in [4.78, 5) is 20.3. The Morgan fingerprint density at radius 2 is 1.81 bits per heavy atom. The van der Waals surface area contributed by atoms with Crippen LogP contribution >= 0.6 is 0 Å². The number of aliphatic hydroxyl groups is 2. The first-order chi connectivity index (χ1) is 7.43. The van der Waals surface area contributed by atoms with Crippen LogP contribution in [0, 0.1) is 10.1 Å². The molecule has 7 heteroatoms. The third kappa shape index (κ3) is 2.53. The van der Waals surface area contributed by atoms with Gasteiger partial charge >= 0.3 is 0 Å². The number of rotatable bonds is 4. The van der Waals surface area contributed by atoms with Crippen LogP contribution in [0.2, 0.25) is 0 Å². The number of hydrogen-bond acceptors (Lipinski definition) is 5. The van der Waals surface area contributed by atoms with Crippen molar-refractivity contribution in [2.75, 3.05) is 0 Å². The Labute approximate surface area is 90.3 Å². The molecule has 0 aliphatic heterocycles. The number of nitro groups is 1. The summed E-state index contributed by atoms with van der Waals surface area (Å²) in [6.07, 6.45) is -3.22. The lowest BCUT2D eigenvalue weighted by Gasteiger charge is -2.14. The summed E-state index contributed by atoms with van der Waals surface area (Å²) in [5.74, 6) is -1.06. The SMILES string of the molecule is NC(=O)C(O)C(O)c1ccc([N+](=O)[O-])cc1. The molecule has 0 fully saturated rings. The van der Waals surface area contributed by atoms with Crippen LogP contribution in [-0.4, -0.2) is 27.1 Å². The van der Waals surface area contributed by atoms with Crippen LogP contribution in [0.5, 0.6) is 0 Å². The molecule has 1 aromatic carbocycles. The fourth-order valence-corrected chi connectivity index (χ4v) is 1.13. The number of carbonyl (C=O) groups excluding carboxylic acids is 1. The van der Waals surface area contributed by atoms with Gasteiger partial charge in [-0.1, -0.05) is 0 Å². The molecule has 0 bridgehead atoms. The number of nitrogens with two attached hydrogens (primary N) is 1. The molecule has 1 aromatic rings. The molecule has 4 N–H and O–H groups in total. The number of carbonyl (C=O) groups is 1. The molecule has 7 nitrogen and oxygen atoms in total. The van der Waals surface area contributed by atoms with Crippen LogP contribution in [0.15, 0.2) is 24.3 Å². The molecule has 16 heavy (non-hydrogen) atoms. The van der Waals surface area contributed by atoms with Gasteiger partial charge in [0.05, 0.1) is 4.92 Å². The Morgan fingerprint density at radius 3 is 2.19 bits per heavy atom. The van der Waals surface area contributed by atoms with Gasteiger partial charge in [0.1, 0.15) is 6.10 Å². The second-order valence-electron chi connectivity index (χ2n) is 3.14. The Balaban J connectivity index is 2.89. The Bertz CT molecular complexity index is 403. The van der Waals surface area contributed by atoms with Gasteiger partial charge < -0.3 is 15.9 Å². The molecule has 0 saturated heterocycles. The van der Waals surface area contributed by atoms with Crippen molar-refractivity contribution in [2.24, 2.45) is 5.73 Å². The summed E-state index contributed by atoms with van der Waals surface area (Å²) >= 11 is 0. The normalized spacial score (nSPS) is 14.1. The zero-order chi connectivity index (χ0) is 12.3. The van der Waals surface area contributed by atoms with E-state index in [0.717, 1.165) is 12.1 Å². The number of hydrogen-bond donors (Lipinski definition) is 3. The molecule has 0 spiro atoms. The van der Waals surface area contributed by atoms with E-state index in [0.29, 0.717) is 0 Å². The second kappa shape index (κ2) is 4.69. The van der Waals surface area contributed by atoms with Crippen molar-refractivity contribution in [1.29, 1.82) is 0 Å². The van der Waals surface area contributed by atoms with Gasteiger partial charge in [-0.05, 0) is 17.7 Å². The van der Waals surface area contributed by atoms with Crippen LogP contribution < -0.4 is 5.73 Å². The Hall–Kier alpha value is -1.99. The molecular weight excluding hydrogens is 216 g/mol. The quantitative estimate of drug-likeness (QED) is 0.470. The van der Waals surface area contributed by atoms with Crippen LogP contribution in [0.1, 0.15) is 11.7 Å². The van der Waals surface area contributed by atoms with E-state index in [1.54, 1.807) is 0 Å². The second-order valence-corrected chi connectivity index (χ2v) is 3.14. The highest BCUT2D eigenvalue weighted by Crippen LogP contribution is 2.20. The molecule has 0 aromatic heterocycles. The lowest BCUT2D eigenvalue weighted by atomic mass is 10.0. The molecule has 2 unspecified atom stereocenters. The Morgan fingerprint density at radius 1 is 1.31 bits per heavy atom. The maximum Gasteiger partial charge on any atom is 0.269 e. The monoisotopic (exact) mass is 226 g/mol. The van der Waals surface area contributed by atoms with Crippen molar-refractivity contribution >= 4 is 11.6 Å². The topological polar surface area (TPSA) is 127 Å². The zero-order valence-corrected chi connectivity index (χ0v) is 8.11. The van der Waals surface area contributed by atoms with Crippen molar-refractivity contribution in [3.8, 4) is 0 Å². The number of nitro benzene ring substituents is 1. The van der Waals surface area contributed by atoms with Crippen molar-refractivity contribution in [1.82, 2.24) is 0 Å². The minimum atomic E-state index is -1.73. The van der Waals surface area contributed by atoms with E-state index in [1.807, 2.05) is 0 Å². The summed E-state index contributed by atoms with van der Waals surface area (Å²) < 4.78 is 0. The Kier molecular flexibility index (Phi) is 3.54. The fraction of sp³-hybridized carbons (Fsp3) is 0.222. The number of nitrogens with zero attached hydrogens (tertiary/aromatic N) is 1. The van der Waals surface area contributed by atoms with Crippen LogP contribution in [-0.2, 0) is 4.79 Å². The molecule has 0 aliphatic carbocycles. The molecule has 0 aliphatic rings. The lowest BCUT2D eigenvalue weighted by Crippen LogP contribution is -2.33. The van der Waals surface area contributed by atoms with Gasteiger partial charge in [0.15, 0.2) is 6.10 Å². The highest BCUT2D eigenvalue weighted by atomic mass is 16.6. The van der Waals surface area contributed by atoms with Gasteiger partial charge in [0.2, 0.25) is 5.91 Å². The van der Waals surface area contributed by atoms with Gasteiger partial charge in [-0.2, -0.15) is 0 Å². The van der Waals surface area contributed by atoms with Crippen LogP contribution in [0.25, 0.3) is 0 Å². The first kappa shape index (κ1) is 12.1. The summed E-state index contributed by atoms with van der Waals surface area (Å²) in [5, 5.41) is 29.0. The first-order valence-corrected chi connectivity index (χ1v) is 4.33. The minimum absolute atomic E-state index is 0.149. The lowest BCUT2D eigenvalue weighted by molar-refractivity contribution is -0.384. The van der Waals surface area contributed by atoms with Gasteiger partial charge in [-0.15, -0.1) is 0 Å². The van der Waals surface area contributed by atoms with Gasteiger partial charge in [-0.25, -0.2) is 0 Å². The standard InChI is InChI=1S/C9H10N2O5/c10-9(14)8(13)7(12)5-1-3-6(4-2-5)11(15)16/h1-4,7-8,12-13H,(H2,10,14). The summed E-state index contributed by atoms with van der Waals surface area (Å²) in [6, 6.07) is 4.81. The molecule has 0 radical (unpaired) electrons. The first-order valence-electron chi connectivity index (χ1n) is 4.33. The third-order valence-corrected chi connectivity index (χ3v) is 2.04. The highest BCUT2D eigenvalue weighted by molar-refractivity contribution is 5.79. The molecule has 0 heterocycles. The number of non-ortho nitro benzene ring substituents is 1. The van der Waals surface area contributed by atoms with Gasteiger partial charge in [0.25, 0.3) is 5.69 Å². The number of aliphatic hydroxyl groups excluding tert-OH is 2. The smallest absolute Gasteiger partial charge is 0.269 e. The average molecular weight is 226 g/mol. The molecule has 86 valence electrons. The third-order valence-electron chi connectivity index (χ3n) is 2.04. The maximum absolute atomic E-state index is 10.6. The largest absolute Gasteiger partial charge is 0.385 e. The maximum atomic E-state index is 10.6. The molecule has 1 rings (SSSR count). The molecule has 1 amide bonds. The highest BCUT2D eigenvalue weighted by Gasteiger charge is 2.23. The predicted molar refractivity (Wildman–Crippen MR) is 53.3 cm³/mol. The van der Waals surface area contributed by atoms with Gasteiger partial charge in [0, 0.05) is 12.1 Å². The van der Waals surface area contributed by atoms with E-state index in [9.17, 15) is 20.0 Å². The van der Waals surface area contributed by atoms with Crippen molar-refractivity contribution in [3.05, 3.63) is 39.9 Å². The van der Waals surface area contributed by atoms with E-state index in [-0.39, 0.29) is 11.3 Å². The van der Waals surface area contributed by atoms with Crippen molar-refractivity contribution in [3.63, 3.8) is 0 Å². The van der Waals surface area contributed by atoms with Crippen molar-refractivity contribution in [2.45, 2.75) is 12.2 Å². The van der Waals surface area contributed by atoms with Crippen LogP contribution in [0.4, 0.5) is 5.69 Å². The van der Waals surface area contributed by atoms with Crippen molar-refractivity contribution < 1.29 is 19.9 Å². The number of benzene rings is 1. The predicted octanol–water partition coefficient (Wildman–Crippen LogP) is -0.526. The molecule has 0 saturated carbocycles. The van der Waals surface area contributed by atoms with E-state index in [4.69, 9.17) is 10.8 Å². The molecule has 2 atom stereocenters. The number of amides is 1. The van der Waals surface area contributed by atoms with E-state index in [1.165, 1.54) is 12.1 Å². The van der Waals surface area contributed by atoms with Gasteiger partial charge in [-0.3, -0.25) is 14.9 Å². The van der Waals surface area contributed by atoms with E-state index in [2.05, 4.69) is 0 Å². The summed E-state index contributed by atoms with van der Waals surface area (Å²) in [5.41, 5.74) is 4.82. The zero-order valence-electron chi connectivity index (χ0n) is 8.11. The number of primary amides is 1. The summed E-state index contributed by atoms with van der Waals surface area (Å²) in [6.45, 7) is 0.